The first-order valence-corrected chi connectivity index (χ1v) is 3.73. The molecule has 14 heavy (non-hydrogen) atoms. The number of primary amides is 1. The normalized spacial score (nSPS) is 11.4. The predicted octanol–water partition coefficient (Wildman–Crippen LogP) is 1.85. The van der Waals surface area contributed by atoms with Crippen molar-refractivity contribution in [3.63, 3.8) is 0 Å². The Labute approximate surface area is 81.7 Å². The maximum absolute atomic E-state index is 12.2. The van der Waals surface area contributed by atoms with Gasteiger partial charge in [-0.15, -0.1) is 0 Å². The largest absolute Gasteiger partial charge is 0.434 e. The topological polar surface area (TPSA) is 56.0 Å². The molecular weight excluding hydrogens is 221 g/mol. The van der Waals surface area contributed by atoms with Crippen LogP contribution >= 0.6 is 11.6 Å². The summed E-state index contributed by atoms with van der Waals surface area (Å²) in [6, 6.07) is 1.03. The molecule has 0 spiro atoms. The minimum atomic E-state index is -4.69. The zero-order valence-electron chi connectivity index (χ0n) is 6.60. The van der Waals surface area contributed by atoms with Gasteiger partial charge in [0.15, 0.2) is 5.69 Å². The number of aromatic nitrogens is 1. The molecule has 0 aliphatic rings. The molecule has 1 aromatic rings. The fourth-order valence-electron chi connectivity index (χ4n) is 0.832. The molecule has 1 aromatic heterocycles. The lowest BCUT2D eigenvalue weighted by atomic mass is 10.2. The summed E-state index contributed by atoms with van der Waals surface area (Å²) in [6.45, 7) is 0. The number of alkyl halides is 3. The van der Waals surface area contributed by atoms with Crippen LogP contribution in [0.25, 0.3) is 0 Å². The first-order chi connectivity index (χ1) is 6.34. The fourth-order valence-corrected chi connectivity index (χ4v) is 1.14. The second-order valence-corrected chi connectivity index (χ2v) is 2.76. The van der Waals surface area contributed by atoms with Crippen LogP contribution in [0.1, 0.15) is 16.1 Å². The van der Waals surface area contributed by atoms with Gasteiger partial charge in [0.2, 0.25) is 5.91 Å². The van der Waals surface area contributed by atoms with Gasteiger partial charge in [0, 0.05) is 6.20 Å². The number of hydrogen-bond acceptors (Lipinski definition) is 2. The van der Waals surface area contributed by atoms with Gasteiger partial charge in [-0.05, 0) is 6.07 Å². The quantitative estimate of drug-likeness (QED) is 0.792. The second-order valence-electron chi connectivity index (χ2n) is 2.38. The Morgan fingerprint density at radius 2 is 2.07 bits per heavy atom. The van der Waals surface area contributed by atoms with Crippen molar-refractivity contribution < 1.29 is 18.0 Å². The third-order valence-corrected chi connectivity index (χ3v) is 1.81. The Bertz CT molecular complexity index is 378. The van der Waals surface area contributed by atoms with Gasteiger partial charge in [-0.1, -0.05) is 11.6 Å². The molecule has 0 aromatic carbocycles. The molecule has 0 atom stereocenters. The van der Waals surface area contributed by atoms with Crippen LogP contribution in [0.15, 0.2) is 12.3 Å². The van der Waals surface area contributed by atoms with Crippen LogP contribution in [0.3, 0.4) is 0 Å². The van der Waals surface area contributed by atoms with Crippen LogP contribution in [0.4, 0.5) is 13.2 Å². The number of carbonyl (C=O) groups is 1. The summed E-state index contributed by atoms with van der Waals surface area (Å²) in [7, 11) is 0. The van der Waals surface area contributed by atoms with Gasteiger partial charge in [0.1, 0.15) is 0 Å². The van der Waals surface area contributed by atoms with Crippen molar-refractivity contribution in [2.24, 2.45) is 5.73 Å². The molecule has 76 valence electrons. The number of pyridine rings is 1. The lowest BCUT2D eigenvalue weighted by Crippen LogP contribution is -2.16. The van der Waals surface area contributed by atoms with E-state index in [1.54, 1.807) is 0 Å². The summed E-state index contributed by atoms with van der Waals surface area (Å²) >= 11 is 5.31. The van der Waals surface area contributed by atoms with E-state index >= 15 is 0 Å². The van der Waals surface area contributed by atoms with Crippen molar-refractivity contribution in [1.29, 1.82) is 0 Å². The maximum atomic E-state index is 12.2. The molecule has 0 aliphatic carbocycles. The zero-order valence-corrected chi connectivity index (χ0v) is 7.36. The summed E-state index contributed by atoms with van der Waals surface area (Å²) < 4.78 is 36.6. The van der Waals surface area contributed by atoms with Crippen LogP contribution in [-0.2, 0) is 6.18 Å². The van der Waals surface area contributed by atoms with E-state index in [4.69, 9.17) is 17.3 Å². The minimum absolute atomic E-state index is 0.394. The molecule has 0 radical (unpaired) electrons. The molecule has 1 amide bonds. The van der Waals surface area contributed by atoms with Gasteiger partial charge in [0.25, 0.3) is 0 Å². The number of carbonyl (C=O) groups excluding carboxylic acids is 1. The average Bonchev–Trinajstić information content (AvgIpc) is 2.01. The first-order valence-electron chi connectivity index (χ1n) is 3.35. The fraction of sp³-hybridized carbons (Fsp3) is 0.143. The summed E-state index contributed by atoms with van der Waals surface area (Å²) in [5.74, 6) is -1.03. The lowest BCUT2D eigenvalue weighted by molar-refractivity contribution is -0.141. The highest BCUT2D eigenvalue weighted by Crippen LogP contribution is 2.34. The van der Waals surface area contributed by atoms with Crippen LogP contribution < -0.4 is 5.73 Å². The Balaban J connectivity index is 3.35. The second kappa shape index (κ2) is 3.45. The average molecular weight is 225 g/mol. The van der Waals surface area contributed by atoms with Crippen LogP contribution in [0, 0.1) is 0 Å². The number of amides is 1. The highest BCUT2D eigenvalue weighted by molar-refractivity contribution is 6.34. The number of nitrogens with zero attached hydrogens (tertiary/aromatic N) is 1. The van der Waals surface area contributed by atoms with Gasteiger partial charge >= 0.3 is 6.18 Å². The Kier molecular flexibility index (Phi) is 2.66. The Hall–Kier alpha value is -1.30. The van der Waals surface area contributed by atoms with E-state index in [0.29, 0.717) is 0 Å². The predicted molar refractivity (Wildman–Crippen MR) is 42.8 cm³/mol. The summed E-state index contributed by atoms with van der Waals surface area (Å²) in [6.07, 6.45) is -3.86. The molecular formula is C7H4ClF3N2O. The first kappa shape index (κ1) is 10.8. The van der Waals surface area contributed by atoms with Gasteiger partial charge in [-0.2, -0.15) is 13.2 Å². The Morgan fingerprint density at radius 1 is 1.50 bits per heavy atom. The molecule has 0 saturated carbocycles. The zero-order chi connectivity index (χ0) is 10.9. The molecule has 0 aliphatic heterocycles. The van der Waals surface area contributed by atoms with Gasteiger partial charge in [0.05, 0.1) is 10.6 Å². The van der Waals surface area contributed by atoms with E-state index in [-0.39, 0.29) is 0 Å². The van der Waals surface area contributed by atoms with E-state index in [1.807, 2.05) is 0 Å². The van der Waals surface area contributed by atoms with Crippen molar-refractivity contribution >= 4 is 17.5 Å². The SMILES string of the molecule is NC(=O)c1ccnc(C(F)(F)F)c1Cl. The highest BCUT2D eigenvalue weighted by atomic mass is 35.5. The number of nitrogens with two attached hydrogens (primary N) is 1. The third-order valence-electron chi connectivity index (χ3n) is 1.42. The number of rotatable bonds is 1. The van der Waals surface area contributed by atoms with Crippen LogP contribution in [0.5, 0.6) is 0 Å². The molecule has 0 bridgehead atoms. The summed E-state index contributed by atoms with van der Waals surface area (Å²) in [5.41, 5.74) is 3.10. The highest BCUT2D eigenvalue weighted by Gasteiger charge is 2.36. The molecule has 2 N–H and O–H groups in total. The summed E-state index contributed by atoms with van der Waals surface area (Å²) in [4.78, 5) is 13.7. The Morgan fingerprint density at radius 3 is 2.50 bits per heavy atom. The van der Waals surface area contributed by atoms with E-state index in [1.165, 1.54) is 0 Å². The molecule has 3 nitrogen and oxygen atoms in total. The van der Waals surface area contributed by atoms with Gasteiger partial charge in [-0.25, -0.2) is 0 Å². The lowest BCUT2D eigenvalue weighted by Gasteiger charge is -2.08. The van der Waals surface area contributed by atoms with Gasteiger partial charge in [-0.3, -0.25) is 9.78 Å². The monoisotopic (exact) mass is 224 g/mol. The standard InChI is InChI=1S/C7H4ClF3N2O/c8-4-3(6(12)14)1-2-13-5(4)7(9,10)11/h1-2H,(H2,12,14). The van der Waals surface area contributed by atoms with Crippen molar-refractivity contribution in [2.45, 2.75) is 6.18 Å². The molecule has 0 saturated heterocycles. The minimum Gasteiger partial charge on any atom is -0.366 e. The van der Waals surface area contributed by atoms with Gasteiger partial charge < -0.3 is 5.73 Å². The number of hydrogen-bond donors (Lipinski definition) is 1. The smallest absolute Gasteiger partial charge is 0.366 e. The van der Waals surface area contributed by atoms with Crippen molar-refractivity contribution in [3.8, 4) is 0 Å². The van der Waals surface area contributed by atoms with Crippen LogP contribution in [0.2, 0.25) is 5.02 Å². The van der Waals surface area contributed by atoms with E-state index in [0.717, 1.165) is 12.3 Å². The molecule has 0 fully saturated rings. The van der Waals surface area contributed by atoms with Crippen molar-refractivity contribution in [2.75, 3.05) is 0 Å². The molecule has 1 rings (SSSR count). The van der Waals surface area contributed by atoms with E-state index in [9.17, 15) is 18.0 Å². The summed E-state index contributed by atoms with van der Waals surface area (Å²) in [5, 5.41) is -0.771. The van der Waals surface area contributed by atoms with Crippen molar-refractivity contribution in [3.05, 3.63) is 28.5 Å². The molecule has 7 heteroatoms. The molecule has 1 heterocycles. The van der Waals surface area contributed by atoms with E-state index < -0.39 is 28.4 Å². The van der Waals surface area contributed by atoms with Crippen molar-refractivity contribution in [1.82, 2.24) is 4.98 Å². The maximum Gasteiger partial charge on any atom is 0.434 e. The van der Waals surface area contributed by atoms with E-state index in [2.05, 4.69) is 4.98 Å². The molecule has 0 unspecified atom stereocenters. The van der Waals surface area contributed by atoms with Crippen LogP contribution in [-0.4, -0.2) is 10.9 Å². The third kappa shape index (κ3) is 1.95. The number of halogens is 4.